The molecule has 1 atom stereocenters. The van der Waals surface area contributed by atoms with Crippen LogP contribution in [0.15, 0.2) is 10.7 Å². The molecule has 1 unspecified atom stereocenters. The molecule has 96 valence electrons. The van der Waals surface area contributed by atoms with E-state index in [1.165, 1.54) is 0 Å². The van der Waals surface area contributed by atoms with Crippen LogP contribution in [0.3, 0.4) is 0 Å². The summed E-state index contributed by atoms with van der Waals surface area (Å²) in [6.07, 6.45) is 2.25. The summed E-state index contributed by atoms with van der Waals surface area (Å²) in [4.78, 5) is 0. The van der Waals surface area contributed by atoms with Crippen LogP contribution in [0.5, 0.6) is 0 Å². The number of hydrogen-bond donors (Lipinski definition) is 1. The molecule has 5 heteroatoms. The summed E-state index contributed by atoms with van der Waals surface area (Å²) < 4.78 is 8.50. The smallest absolute Gasteiger partial charge is 0.138 e. The summed E-state index contributed by atoms with van der Waals surface area (Å²) in [6, 6.07) is 0. The SMILES string of the molecule is Cn1ncc(Br)c1C1(O)CC(C)(C)OC1(C)C. The van der Waals surface area contributed by atoms with Crippen molar-refractivity contribution < 1.29 is 9.84 Å². The van der Waals surface area contributed by atoms with Crippen LogP contribution in [0.4, 0.5) is 0 Å². The van der Waals surface area contributed by atoms with E-state index in [4.69, 9.17) is 4.74 Å². The lowest BCUT2D eigenvalue weighted by Crippen LogP contribution is -2.45. The molecule has 0 saturated carbocycles. The maximum atomic E-state index is 11.1. The van der Waals surface area contributed by atoms with E-state index in [-0.39, 0.29) is 5.60 Å². The van der Waals surface area contributed by atoms with E-state index in [9.17, 15) is 5.11 Å². The van der Waals surface area contributed by atoms with Gasteiger partial charge in [-0.25, -0.2) is 0 Å². The van der Waals surface area contributed by atoms with Crippen LogP contribution in [0.2, 0.25) is 0 Å². The molecule has 1 N–H and O–H groups in total. The average molecular weight is 303 g/mol. The molecule has 2 rings (SSSR count). The Morgan fingerprint density at radius 3 is 2.35 bits per heavy atom. The van der Waals surface area contributed by atoms with Crippen molar-refractivity contribution in [1.29, 1.82) is 0 Å². The molecular weight excluding hydrogens is 284 g/mol. The standard InChI is InChI=1S/C12H19BrN2O2/c1-10(2)7-12(16,11(3,4)17-10)9-8(13)6-14-15(9)5/h6,16H,7H2,1-5H3. The number of rotatable bonds is 1. The van der Waals surface area contributed by atoms with Gasteiger partial charge in [0.05, 0.1) is 27.6 Å². The lowest BCUT2D eigenvalue weighted by molar-refractivity contribution is -0.132. The Kier molecular flexibility index (Phi) is 2.73. The van der Waals surface area contributed by atoms with E-state index in [2.05, 4.69) is 21.0 Å². The van der Waals surface area contributed by atoms with Gasteiger partial charge < -0.3 is 9.84 Å². The van der Waals surface area contributed by atoms with Crippen molar-refractivity contribution in [2.75, 3.05) is 0 Å². The lowest BCUT2D eigenvalue weighted by Gasteiger charge is -2.35. The highest BCUT2D eigenvalue weighted by atomic mass is 79.9. The molecule has 1 aliphatic rings. The highest BCUT2D eigenvalue weighted by Crippen LogP contribution is 2.52. The first-order chi connectivity index (χ1) is 7.59. The molecule has 1 aromatic rings. The Hall–Kier alpha value is -0.390. The molecule has 17 heavy (non-hydrogen) atoms. The molecule has 1 aliphatic heterocycles. The van der Waals surface area contributed by atoms with Gasteiger partial charge in [0.1, 0.15) is 5.60 Å². The highest BCUT2D eigenvalue weighted by molar-refractivity contribution is 9.10. The summed E-state index contributed by atoms with van der Waals surface area (Å²) in [5.74, 6) is 0. The molecule has 0 spiro atoms. The van der Waals surface area contributed by atoms with Gasteiger partial charge in [-0.2, -0.15) is 5.10 Å². The third-order valence-electron chi connectivity index (χ3n) is 3.49. The first-order valence-electron chi connectivity index (χ1n) is 5.70. The molecular formula is C12H19BrN2O2. The number of ether oxygens (including phenoxy) is 1. The summed E-state index contributed by atoms with van der Waals surface area (Å²) in [6.45, 7) is 7.83. The Morgan fingerprint density at radius 2 is 2.00 bits per heavy atom. The molecule has 0 amide bonds. The largest absolute Gasteiger partial charge is 0.380 e. The van der Waals surface area contributed by atoms with Gasteiger partial charge in [0.25, 0.3) is 0 Å². The van der Waals surface area contributed by atoms with Gasteiger partial charge in [0, 0.05) is 13.5 Å². The minimum Gasteiger partial charge on any atom is -0.380 e. The van der Waals surface area contributed by atoms with E-state index in [0.29, 0.717) is 6.42 Å². The van der Waals surface area contributed by atoms with Crippen molar-refractivity contribution in [2.24, 2.45) is 7.05 Å². The molecule has 1 fully saturated rings. The van der Waals surface area contributed by atoms with Crippen LogP contribution in [-0.2, 0) is 17.4 Å². The van der Waals surface area contributed by atoms with Gasteiger partial charge in [0.15, 0.2) is 0 Å². The average Bonchev–Trinajstić information content (AvgIpc) is 2.49. The van der Waals surface area contributed by atoms with E-state index in [1.807, 2.05) is 34.7 Å². The fraction of sp³-hybridized carbons (Fsp3) is 0.750. The maximum Gasteiger partial charge on any atom is 0.138 e. The van der Waals surface area contributed by atoms with Crippen molar-refractivity contribution in [3.63, 3.8) is 0 Å². The summed E-state index contributed by atoms with van der Waals surface area (Å²) >= 11 is 3.45. The topological polar surface area (TPSA) is 47.3 Å². The van der Waals surface area contributed by atoms with Crippen LogP contribution < -0.4 is 0 Å². The molecule has 1 saturated heterocycles. The second kappa shape index (κ2) is 3.56. The summed E-state index contributed by atoms with van der Waals surface area (Å²) in [5, 5.41) is 15.2. The number of aliphatic hydroxyl groups is 1. The molecule has 0 aliphatic carbocycles. The first-order valence-corrected chi connectivity index (χ1v) is 6.49. The van der Waals surface area contributed by atoms with Crippen LogP contribution in [0, 0.1) is 0 Å². The fourth-order valence-corrected chi connectivity index (χ4v) is 3.56. The zero-order valence-corrected chi connectivity index (χ0v) is 12.5. The predicted molar refractivity (Wildman–Crippen MR) is 68.7 cm³/mol. The van der Waals surface area contributed by atoms with E-state index in [1.54, 1.807) is 10.9 Å². The minimum atomic E-state index is -1.04. The summed E-state index contributed by atoms with van der Waals surface area (Å²) in [7, 11) is 1.83. The third-order valence-corrected chi connectivity index (χ3v) is 4.08. The maximum absolute atomic E-state index is 11.1. The monoisotopic (exact) mass is 302 g/mol. The molecule has 0 aromatic carbocycles. The zero-order chi connectivity index (χ0) is 13.1. The third kappa shape index (κ3) is 1.84. The predicted octanol–water partition coefficient (Wildman–Crippen LogP) is 2.35. The summed E-state index contributed by atoms with van der Waals surface area (Å²) in [5.41, 5.74) is -1.26. The van der Waals surface area contributed by atoms with Gasteiger partial charge in [-0.3, -0.25) is 4.68 Å². The van der Waals surface area contributed by atoms with Gasteiger partial charge in [0.2, 0.25) is 0 Å². The highest BCUT2D eigenvalue weighted by Gasteiger charge is 2.59. The van der Waals surface area contributed by atoms with E-state index >= 15 is 0 Å². The van der Waals surface area contributed by atoms with Crippen molar-refractivity contribution in [3.8, 4) is 0 Å². The lowest BCUT2D eigenvalue weighted by atomic mass is 9.80. The van der Waals surface area contributed by atoms with Crippen molar-refractivity contribution in [2.45, 2.75) is 50.9 Å². The van der Waals surface area contributed by atoms with Crippen molar-refractivity contribution in [1.82, 2.24) is 9.78 Å². The van der Waals surface area contributed by atoms with Crippen molar-refractivity contribution in [3.05, 3.63) is 16.4 Å². The number of halogens is 1. The Balaban J connectivity index is 2.57. The fourth-order valence-electron chi connectivity index (χ4n) is 2.89. The normalized spacial score (nSPS) is 30.8. The molecule has 4 nitrogen and oxygen atoms in total. The number of aryl methyl sites for hydroxylation is 1. The van der Waals surface area contributed by atoms with Gasteiger partial charge >= 0.3 is 0 Å². The number of hydrogen-bond acceptors (Lipinski definition) is 3. The Morgan fingerprint density at radius 1 is 1.41 bits per heavy atom. The quantitative estimate of drug-likeness (QED) is 0.866. The number of aromatic nitrogens is 2. The van der Waals surface area contributed by atoms with Gasteiger partial charge in [-0.05, 0) is 43.6 Å². The van der Waals surface area contributed by atoms with E-state index < -0.39 is 11.2 Å². The second-order valence-electron chi connectivity index (χ2n) is 5.87. The zero-order valence-electron chi connectivity index (χ0n) is 10.9. The molecule has 0 bridgehead atoms. The Bertz CT molecular complexity index is 434. The van der Waals surface area contributed by atoms with E-state index in [0.717, 1.165) is 10.2 Å². The van der Waals surface area contributed by atoms with Gasteiger partial charge in [-0.1, -0.05) is 0 Å². The molecule has 1 aromatic heterocycles. The van der Waals surface area contributed by atoms with Crippen LogP contribution >= 0.6 is 15.9 Å². The molecule has 0 radical (unpaired) electrons. The molecule has 2 heterocycles. The van der Waals surface area contributed by atoms with Crippen molar-refractivity contribution >= 4 is 15.9 Å². The van der Waals surface area contributed by atoms with Crippen LogP contribution in [0.25, 0.3) is 0 Å². The number of nitrogens with zero attached hydrogens (tertiary/aromatic N) is 2. The van der Waals surface area contributed by atoms with Crippen LogP contribution in [-0.4, -0.2) is 26.1 Å². The second-order valence-corrected chi connectivity index (χ2v) is 6.73. The van der Waals surface area contributed by atoms with Crippen LogP contribution in [0.1, 0.15) is 39.8 Å². The van der Waals surface area contributed by atoms with Gasteiger partial charge in [-0.15, -0.1) is 0 Å². The first kappa shape index (κ1) is 13.1. The minimum absolute atomic E-state index is 0.345. The Labute approximate surface area is 110 Å².